The molecule has 1 heterocycles. The van der Waals surface area contributed by atoms with E-state index in [1.54, 1.807) is 6.92 Å². The molecule has 0 spiro atoms. The van der Waals surface area contributed by atoms with Gasteiger partial charge in [0.2, 0.25) is 5.28 Å². The predicted octanol–water partition coefficient (Wildman–Crippen LogP) is 2.27. The molecule has 0 radical (unpaired) electrons. The van der Waals surface area contributed by atoms with Crippen molar-refractivity contribution in [3.05, 3.63) is 17.0 Å². The topological polar surface area (TPSA) is 84.3 Å². The molecule has 2 aliphatic rings. The summed E-state index contributed by atoms with van der Waals surface area (Å²) in [6, 6.07) is 0.211. The maximum absolute atomic E-state index is 12.0. The number of esters is 1. The van der Waals surface area contributed by atoms with Gasteiger partial charge in [0.05, 0.1) is 12.7 Å². The number of anilines is 1. The van der Waals surface area contributed by atoms with Gasteiger partial charge in [-0.1, -0.05) is 0 Å². The quantitative estimate of drug-likeness (QED) is 0.652. The van der Waals surface area contributed by atoms with E-state index in [2.05, 4.69) is 15.3 Å². The fourth-order valence-electron chi connectivity index (χ4n) is 3.72. The van der Waals surface area contributed by atoms with Crippen LogP contribution in [0.15, 0.2) is 6.20 Å². The highest BCUT2D eigenvalue weighted by Gasteiger charge is 2.42. The summed E-state index contributed by atoms with van der Waals surface area (Å²) in [4.78, 5) is 20.1. The van der Waals surface area contributed by atoms with Gasteiger partial charge in [0.15, 0.2) is 0 Å². The van der Waals surface area contributed by atoms with Crippen molar-refractivity contribution in [2.45, 2.75) is 44.8 Å². The third-order valence-corrected chi connectivity index (χ3v) is 4.81. The van der Waals surface area contributed by atoms with Crippen LogP contribution in [0.3, 0.4) is 0 Å². The first-order valence-corrected chi connectivity index (χ1v) is 8.10. The first-order chi connectivity index (χ1) is 10.6. The first kappa shape index (κ1) is 15.5. The van der Waals surface area contributed by atoms with E-state index in [1.165, 1.54) is 6.20 Å². The molecule has 2 N–H and O–H groups in total. The molecule has 6 nitrogen and oxygen atoms in total. The minimum atomic E-state index is -0.454. The van der Waals surface area contributed by atoms with Crippen LogP contribution in [-0.4, -0.2) is 39.8 Å². The molecular weight excluding hydrogens is 306 g/mol. The lowest BCUT2D eigenvalue weighted by Gasteiger charge is -2.34. The molecule has 2 fully saturated rings. The number of ether oxygens (including phenoxy) is 1. The molecule has 2 saturated carbocycles. The molecule has 2 unspecified atom stereocenters. The van der Waals surface area contributed by atoms with Crippen LogP contribution in [0.25, 0.3) is 0 Å². The second-order valence-electron chi connectivity index (χ2n) is 6.01. The van der Waals surface area contributed by atoms with Crippen molar-refractivity contribution in [2.75, 3.05) is 11.9 Å². The third kappa shape index (κ3) is 3.03. The number of carbonyl (C=O) groups excluding carboxylic acids is 1. The minimum Gasteiger partial charge on any atom is -0.462 e. The molecule has 120 valence electrons. The van der Waals surface area contributed by atoms with Gasteiger partial charge in [-0.05, 0) is 56.0 Å². The average Bonchev–Trinajstić information content (AvgIpc) is 2.70. The van der Waals surface area contributed by atoms with Crippen LogP contribution in [0.1, 0.15) is 43.0 Å². The van der Waals surface area contributed by atoms with E-state index < -0.39 is 5.97 Å². The summed E-state index contributed by atoms with van der Waals surface area (Å²) in [5.41, 5.74) is 0.303. The van der Waals surface area contributed by atoms with E-state index >= 15 is 0 Å². The molecule has 1 aromatic rings. The van der Waals surface area contributed by atoms with E-state index in [1.807, 2.05) is 0 Å². The maximum Gasteiger partial charge on any atom is 0.343 e. The fraction of sp³-hybridized carbons (Fsp3) is 0.667. The summed E-state index contributed by atoms with van der Waals surface area (Å²) >= 11 is 5.87. The lowest BCUT2D eigenvalue weighted by atomic mass is 9.82. The number of aliphatic hydroxyl groups excluding tert-OH is 1. The van der Waals surface area contributed by atoms with Crippen molar-refractivity contribution in [3.63, 3.8) is 0 Å². The summed E-state index contributed by atoms with van der Waals surface area (Å²) in [5.74, 6) is 0.775. The molecule has 0 saturated heterocycles. The van der Waals surface area contributed by atoms with E-state index in [0.29, 0.717) is 29.8 Å². The second-order valence-corrected chi connectivity index (χ2v) is 6.35. The monoisotopic (exact) mass is 325 g/mol. The lowest BCUT2D eigenvalue weighted by molar-refractivity contribution is 0.0525. The summed E-state index contributed by atoms with van der Waals surface area (Å²) in [7, 11) is 0. The largest absolute Gasteiger partial charge is 0.462 e. The van der Waals surface area contributed by atoms with Gasteiger partial charge in [-0.2, -0.15) is 4.98 Å². The molecule has 2 aliphatic carbocycles. The van der Waals surface area contributed by atoms with E-state index in [9.17, 15) is 9.90 Å². The van der Waals surface area contributed by atoms with Crippen LogP contribution in [0.5, 0.6) is 0 Å². The van der Waals surface area contributed by atoms with Crippen LogP contribution in [0.2, 0.25) is 5.28 Å². The van der Waals surface area contributed by atoms with Gasteiger partial charge in [-0.25, -0.2) is 9.78 Å². The SMILES string of the molecule is CCOC(=O)c1cnc(Cl)nc1NC1C2CCC1CC(O)C2. The second kappa shape index (κ2) is 6.38. The number of aromatic nitrogens is 2. The normalized spacial score (nSPS) is 30.1. The predicted molar refractivity (Wildman–Crippen MR) is 81.9 cm³/mol. The highest BCUT2D eigenvalue weighted by atomic mass is 35.5. The summed E-state index contributed by atoms with van der Waals surface area (Å²) in [6.07, 6.45) is 4.95. The minimum absolute atomic E-state index is 0.0961. The summed E-state index contributed by atoms with van der Waals surface area (Å²) in [5, 5.41) is 13.3. The molecule has 3 rings (SSSR count). The van der Waals surface area contributed by atoms with Crippen molar-refractivity contribution < 1.29 is 14.6 Å². The molecule has 0 aromatic carbocycles. The smallest absolute Gasteiger partial charge is 0.343 e. The van der Waals surface area contributed by atoms with Gasteiger partial charge in [-0.3, -0.25) is 0 Å². The molecule has 0 aliphatic heterocycles. The van der Waals surface area contributed by atoms with Crippen molar-refractivity contribution in [1.82, 2.24) is 9.97 Å². The maximum atomic E-state index is 12.0. The van der Waals surface area contributed by atoms with Crippen LogP contribution < -0.4 is 5.32 Å². The van der Waals surface area contributed by atoms with E-state index in [0.717, 1.165) is 25.7 Å². The fourth-order valence-corrected chi connectivity index (χ4v) is 3.85. The number of hydrogen-bond donors (Lipinski definition) is 2. The summed E-state index contributed by atoms with van der Waals surface area (Å²) in [6.45, 7) is 2.05. The van der Waals surface area contributed by atoms with Crippen LogP contribution in [0, 0.1) is 11.8 Å². The van der Waals surface area contributed by atoms with Gasteiger partial charge >= 0.3 is 5.97 Å². The number of halogens is 1. The van der Waals surface area contributed by atoms with Gasteiger partial charge in [-0.15, -0.1) is 0 Å². The Morgan fingerprint density at radius 2 is 2.14 bits per heavy atom. The standard InChI is InChI=1S/C15H20ClN3O3/c1-2-22-14(21)11-7-17-15(16)19-13(11)18-12-8-3-4-9(12)6-10(20)5-8/h7-10,12,20H,2-6H2,1H3,(H,17,18,19). The van der Waals surface area contributed by atoms with E-state index in [-0.39, 0.29) is 17.4 Å². The lowest BCUT2D eigenvalue weighted by Crippen LogP contribution is -2.39. The van der Waals surface area contributed by atoms with Crippen LogP contribution >= 0.6 is 11.6 Å². The first-order valence-electron chi connectivity index (χ1n) is 7.72. The number of rotatable bonds is 4. The average molecular weight is 326 g/mol. The third-order valence-electron chi connectivity index (χ3n) is 4.63. The Labute approximate surface area is 134 Å². The van der Waals surface area contributed by atoms with Gasteiger partial charge < -0.3 is 15.2 Å². The zero-order valence-corrected chi connectivity index (χ0v) is 13.2. The van der Waals surface area contributed by atoms with Crippen molar-refractivity contribution in [3.8, 4) is 0 Å². The molecule has 0 amide bonds. The van der Waals surface area contributed by atoms with Crippen molar-refractivity contribution in [2.24, 2.45) is 11.8 Å². The van der Waals surface area contributed by atoms with Crippen molar-refractivity contribution in [1.29, 1.82) is 0 Å². The van der Waals surface area contributed by atoms with Gasteiger partial charge in [0.25, 0.3) is 0 Å². The Kier molecular flexibility index (Phi) is 4.49. The number of aliphatic hydroxyl groups is 1. The Hall–Kier alpha value is -1.40. The number of fused-ring (bicyclic) bond motifs is 2. The Morgan fingerprint density at radius 3 is 2.77 bits per heavy atom. The highest BCUT2D eigenvalue weighted by Crippen LogP contribution is 2.43. The number of carbonyl (C=O) groups is 1. The molecular formula is C15H20ClN3O3. The molecule has 2 bridgehead atoms. The van der Waals surface area contributed by atoms with Gasteiger partial charge in [0.1, 0.15) is 11.4 Å². The molecule has 2 atom stereocenters. The zero-order valence-electron chi connectivity index (χ0n) is 12.5. The van der Waals surface area contributed by atoms with E-state index in [4.69, 9.17) is 16.3 Å². The molecule has 22 heavy (non-hydrogen) atoms. The summed E-state index contributed by atoms with van der Waals surface area (Å²) < 4.78 is 5.04. The zero-order chi connectivity index (χ0) is 15.7. The Bertz CT molecular complexity index is 555. The number of nitrogens with one attached hydrogen (secondary N) is 1. The van der Waals surface area contributed by atoms with Crippen molar-refractivity contribution >= 4 is 23.4 Å². The highest BCUT2D eigenvalue weighted by molar-refractivity contribution is 6.28. The van der Waals surface area contributed by atoms with Crippen LogP contribution in [0.4, 0.5) is 5.82 Å². The van der Waals surface area contributed by atoms with Gasteiger partial charge in [0, 0.05) is 12.2 Å². The molecule has 1 aromatic heterocycles. The number of nitrogens with zero attached hydrogens (tertiary/aromatic N) is 2. The van der Waals surface area contributed by atoms with Crippen LogP contribution in [-0.2, 0) is 4.74 Å². The Balaban J connectivity index is 1.83. The Morgan fingerprint density at radius 1 is 1.45 bits per heavy atom. The number of hydrogen-bond acceptors (Lipinski definition) is 6. The molecule has 7 heteroatoms.